The fraction of sp³-hybridized carbons (Fsp3) is 0.455. The van der Waals surface area contributed by atoms with Gasteiger partial charge in [0.05, 0.1) is 23.1 Å². The Morgan fingerprint density at radius 1 is 0.893 bits per heavy atom. The molecule has 1 aromatic carbocycles. The Morgan fingerprint density at radius 3 is 2.07 bits per heavy atom. The van der Waals surface area contributed by atoms with Crippen molar-refractivity contribution in [3.8, 4) is 0 Å². The van der Waals surface area contributed by atoms with Gasteiger partial charge in [-0.1, -0.05) is 35.8 Å². The van der Waals surface area contributed by atoms with E-state index in [0.717, 1.165) is 42.7 Å². The second kappa shape index (κ2) is 6.06. The van der Waals surface area contributed by atoms with Crippen molar-refractivity contribution in [2.75, 3.05) is 4.90 Å². The largest absolute Gasteiger partial charge is 0.416 e. The molecule has 1 heterocycles. The predicted molar refractivity (Wildman–Crippen MR) is 97.1 cm³/mol. The molecule has 4 atom stereocenters. The highest BCUT2D eigenvalue weighted by Gasteiger charge is 2.62. The molecular weight excluding hydrogens is 367 g/mol. The molecule has 6 heteroatoms. The van der Waals surface area contributed by atoms with Gasteiger partial charge in [-0.3, -0.25) is 9.59 Å². The molecule has 0 aromatic heterocycles. The maximum Gasteiger partial charge on any atom is 0.416 e. The van der Waals surface area contributed by atoms with Crippen LogP contribution in [0.25, 0.3) is 0 Å². The van der Waals surface area contributed by atoms with Gasteiger partial charge < -0.3 is 0 Å². The summed E-state index contributed by atoms with van der Waals surface area (Å²) < 4.78 is 39.2. The number of benzene rings is 1. The van der Waals surface area contributed by atoms with Crippen LogP contribution in [0.15, 0.2) is 47.6 Å². The maximum atomic E-state index is 13.1. The molecule has 28 heavy (non-hydrogen) atoms. The van der Waals surface area contributed by atoms with E-state index in [4.69, 9.17) is 0 Å². The van der Waals surface area contributed by atoms with Gasteiger partial charge >= 0.3 is 6.18 Å². The third-order valence-corrected chi connectivity index (χ3v) is 6.71. The summed E-state index contributed by atoms with van der Waals surface area (Å²) in [6, 6.07) is 4.50. The van der Waals surface area contributed by atoms with Crippen LogP contribution >= 0.6 is 0 Å². The van der Waals surface area contributed by atoms with E-state index in [1.54, 1.807) is 0 Å². The Hall–Kier alpha value is -2.37. The van der Waals surface area contributed by atoms with Gasteiger partial charge in [0.15, 0.2) is 0 Å². The van der Waals surface area contributed by atoms with Crippen LogP contribution < -0.4 is 4.90 Å². The summed E-state index contributed by atoms with van der Waals surface area (Å²) in [6.45, 7) is 0. The number of hydrogen-bond donors (Lipinski definition) is 0. The maximum absolute atomic E-state index is 13.1. The van der Waals surface area contributed by atoms with Crippen LogP contribution in [0.1, 0.15) is 37.7 Å². The summed E-state index contributed by atoms with van der Waals surface area (Å²) in [5.41, 5.74) is 1.81. The fourth-order valence-electron chi connectivity index (χ4n) is 5.58. The van der Waals surface area contributed by atoms with E-state index in [-0.39, 0.29) is 29.3 Å². The number of allylic oxidation sites excluding steroid dienone is 4. The van der Waals surface area contributed by atoms with Crippen molar-refractivity contribution < 1.29 is 22.8 Å². The first-order valence-corrected chi connectivity index (χ1v) is 9.83. The Morgan fingerprint density at radius 2 is 1.50 bits per heavy atom. The molecule has 0 unspecified atom stereocenters. The van der Waals surface area contributed by atoms with Crippen molar-refractivity contribution in [3.05, 3.63) is 53.1 Å². The summed E-state index contributed by atoms with van der Waals surface area (Å²) in [6.07, 6.45) is 5.11. The average Bonchev–Trinajstić information content (AvgIpc) is 3.31. The number of alkyl halides is 3. The zero-order valence-electron chi connectivity index (χ0n) is 15.2. The molecular formula is C22H20F3NO2. The number of carbonyl (C=O) groups excluding carboxylic acids is 2. The Labute approximate surface area is 160 Å². The van der Waals surface area contributed by atoms with E-state index in [2.05, 4.69) is 0 Å². The van der Waals surface area contributed by atoms with Crippen LogP contribution in [0.5, 0.6) is 0 Å². The molecule has 2 saturated carbocycles. The highest BCUT2D eigenvalue weighted by Crippen LogP contribution is 2.58. The van der Waals surface area contributed by atoms with Crippen molar-refractivity contribution in [1.29, 1.82) is 0 Å². The minimum Gasteiger partial charge on any atom is -0.274 e. The zero-order chi connectivity index (χ0) is 19.6. The second-order valence-electron chi connectivity index (χ2n) is 8.17. The quantitative estimate of drug-likeness (QED) is 0.508. The number of carbonyl (C=O) groups is 2. The van der Waals surface area contributed by atoms with Crippen LogP contribution in [-0.4, -0.2) is 11.8 Å². The molecule has 3 fully saturated rings. The van der Waals surface area contributed by atoms with Gasteiger partial charge in [-0.05, 0) is 43.9 Å². The van der Waals surface area contributed by atoms with E-state index in [1.807, 2.05) is 12.2 Å². The zero-order valence-corrected chi connectivity index (χ0v) is 15.2. The van der Waals surface area contributed by atoms with Crippen LogP contribution in [0.2, 0.25) is 0 Å². The third-order valence-electron chi connectivity index (χ3n) is 6.71. The standard InChI is InChI=1S/C22H20F3NO2/c23-22(24,25)13-7-4-8-14(11-13)26-20(27)18-15-9-10-16(19(18)21(26)28)17(15)12-5-2-1-3-6-12/h4,7-11,15-16,18-19H,1-3,5-6H2/t15-,16+,18-,19-/m0/s1. The number of nitrogens with zero attached hydrogens (tertiary/aromatic N) is 1. The first kappa shape index (κ1) is 17.7. The summed E-state index contributed by atoms with van der Waals surface area (Å²) in [5, 5.41) is 0. The Kier molecular flexibility index (Phi) is 3.83. The van der Waals surface area contributed by atoms with E-state index in [1.165, 1.54) is 29.7 Å². The highest BCUT2D eigenvalue weighted by molar-refractivity contribution is 6.23. The molecule has 2 bridgehead atoms. The van der Waals surface area contributed by atoms with E-state index in [9.17, 15) is 22.8 Å². The van der Waals surface area contributed by atoms with Gasteiger partial charge in [0.25, 0.3) is 0 Å². The van der Waals surface area contributed by atoms with Crippen molar-refractivity contribution in [1.82, 2.24) is 0 Å². The molecule has 5 rings (SSSR count). The van der Waals surface area contributed by atoms with Crippen LogP contribution in [0.4, 0.5) is 18.9 Å². The van der Waals surface area contributed by atoms with Gasteiger partial charge in [0, 0.05) is 11.8 Å². The molecule has 0 radical (unpaired) electrons. The first-order chi connectivity index (χ1) is 13.4. The predicted octanol–water partition coefficient (Wildman–Crippen LogP) is 4.89. The minimum absolute atomic E-state index is 0.0190. The monoisotopic (exact) mass is 387 g/mol. The van der Waals surface area contributed by atoms with Gasteiger partial charge in [-0.25, -0.2) is 4.90 Å². The second-order valence-corrected chi connectivity index (χ2v) is 8.17. The van der Waals surface area contributed by atoms with Crippen molar-refractivity contribution >= 4 is 17.5 Å². The summed E-state index contributed by atoms with van der Waals surface area (Å²) in [4.78, 5) is 27.3. The Balaban J connectivity index is 1.51. The number of hydrogen-bond acceptors (Lipinski definition) is 2. The highest BCUT2D eigenvalue weighted by atomic mass is 19.4. The van der Waals surface area contributed by atoms with Gasteiger partial charge in [0.1, 0.15) is 0 Å². The lowest BCUT2D eigenvalue weighted by atomic mass is 9.85. The van der Waals surface area contributed by atoms with Crippen LogP contribution in [0, 0.1) is 23.7 Å². The molecule has 3 aliphatic carbocycles. The lowest BCUT2D eigenvalue weighted by Gasteiger charge is -2.23. The van der Waals surface area contributed by atoms with E-state index >= 15 is 0 Å². The summed E-state index contributed by atoms with van der Waals surface area (Å²) >= 11 is 0. The summed E-state index contributed by atoms with van der Waals surface area (Å²) in [7, 11) is 0. The minimum atomic E-state index is -4.52. The Bertz CT molecular complexity index is 888. The molecule has 2 amide bonds. The molecule has 1 saturated heterocycles. The number of anilines is 1. The fourth-order valence-corrected chi connectivity index (χ4v) is 5.58. The third kappa shape index (κ3) is 2.43. The van der Waals surface area contributed by atoms with Crippen molar-refractivity contribution in [2.24, 2.45) is 23.7 Å². The molecule has 4 aliphatic rings. The van der Waals surface area contributed by atoms with Crippen LogP contribution in [0.3, 0.4) is 0 Å². The number of amides is 2. The van der Waals surface area contributed by atoms with E-state index < -0.39 is 23.6 Å². The SMILES string of the molecule is O=C1[C@@H]2[C@@H](C(=O)N1c1cccc(C(F)(F)F)c1)[C@H]1C=C[C@@H]2C1=C1CCCCC1. The molecule has 146 valence electrons. The molecule has 0 spiro atoms. The lowest BCUT2D eigenvalue weighted by molar-refractivity contribution is -0.137. The van der Waals surface area contributed by atoms with Gasteiger partial charge in [-0.2, -0.15) is 13.2 Å². The summed E-state index contributed by atoms with van der Waals surface area (Å²) in [5.74, 6) is -1.81. The average molecular weight is 387 g/mol. The number of rotatable bonds is 1. The first-order valence-electron chi connectivity index (χ1n) is 9.83. The molecule has 1 aliphatic heterocycles. The van der Waals surface area contributed by atoms with Crippen LogP contribution in [-0.2, 0) is 15.8 Å². The van der Waals surface area contributed by atoms with E-state index in [0.29, 0.717) is 0 Å². The topological polar surface area (TPSA) is 37.4 Å². The van der Waals surface area contributed by atoms with Gasteiger partial charge in [-0.15, -0.1) is 0 Å². The number of fused-ring (bicyclic) bond motifs is 5. The molecule has 0 N–H and O–H groups in total. The normalized spacial score (nSPS) is 31.9. The lowest BCUT2D eigenvalue weighted by Crippen LogP contribution is -2.33. The smallest absolute Gasteiger partial charge is 0.274 e. The number of imide groups is 1. The molecule has 1 aromatic rings. The van der Waals surface area contributed by atoms with Gasteiger partial charge in [0.2, 0.25) is 11.8 Å². The van der Waals surface area contributed by atoms with Crippen molar-refractivity contribution in [3.63, 3.8) is 0 Å². The number of halogens is 3. The molecule has 3 nitrogen and oxygen atoms in total. The van der Waals surface area contributed by atoms with Crippen molar-refractivity contribution in [2.45, 2.75) is 38.3 Å².